The maximum atomic E-state index is 14.5. The third kappa shape index (κ3) is 6.96. The van der Waals surface area contributed by atoms with E-state index in [1.807, 2.05) is 6.07 Å². The normalized spacial score (nSPS) is 12.1. The summed E-state index contributed by atoms with van der Waals surface area (Å²) in [6.07, 6.45) is -0.870. The van der Waals surface area contributed by atoms with Gasteiger partial charge < -0.3 is 15.2 Å². The predicted octanol–water partition coefficient (Wildman–Crippen LogP) is 5.60. The molecule has 2 heterocycles. The van der Waals surface area contributed by atoms with Gasteiger partial charge in [-0.15, -0.1) is 0 Å². The smallest absolute Gasteiger partial charge is 0.405 e. The van der Waals surface area contributed by atoms with Gasteiger partial charge in [0.15, 0.2) is 5.82 Å². The van der Waals surface area contributed by atoms with E-state index in [9.17, 15) is 37.2 Å². The van der Waals surface area contributed by atoms with E-state index in [1.165, 1.54) is 49.2 Å². The molecule has 0 spiro atoms. The van der Waals surface area contributed by atoms with Gasteiger partial charge in [0.1, 0.15) is 23.2 Å². The molecule has 52 heavy (non-hydrogen) atoms. The van der Waals surface area contributed by atoms with Gasteiger partial charge in [-0.05, 0) is 65.7 Å². The molecule has 13 nitrogen and oxygen atoms in total. The van der Waals surface area contributed by atoms with Crippen molar-refractivity contribution < 1.29 is 31.8 Å². The lowest BCUT2D eigenvalue weighted by atomic mass is 10.0. The molecule has 4 aromatic carbocycles. The summed E-state index contributed by atoms with van der Waals surface area (Å²) in [5.41, 5.74) is 0.431. The highest BCUT2D eigenvalue weighted by atomic mass is 35.5. The second-order valence-electron chi connectivity index (χ2n) is 11.8. The Morgan fingerprint density at radius 1 is 1.08 bits per heavy atom. The number of carboxylic acid groups (broad SMARTS) is 1. The topological polar surface area (TPSA) is 172 Å². The minimum absolute atomic E-state index is 0.0503. The van der Waals surface area contributed by atoms with Crippen LogP contribution in [0, 0.1) is 23.0 Å². The molecule has 6 rings (SSSR count). The van der Waals surface area contributed by atoms with Crippen molar-refractivity contribution in [3.05, 3.63) is 122 Å². The van der Waals surface area contributed by atoms with E-state index in [0.717, 1.165) is 27.3 Å². The minimum Gasteiger partial charge on any atom is -0.497 e. The van der Waals surface area contributed by atoms with Crippen molar-refractivity contribution in [2.45, 2.75) is 19.0 Å². The van der Waals surface area contributed by atoms with Crippen molar-refractivity contribution in [3.8, 4) is 17.5 Å². The highest BCUT2D eigenvalue weighted by molar-refractivity contribution is 7.92. The van der Waals surface area contributed by atoms with Crippen LogP contribution in [-0.4, -0.2) is 52.3 Å². The number of methoxy groups -OCH3 is 1. The first-order valence-corrected chi connectivity index (χ1v) is 17.6. The number of aromatic nitrogens is 4. The van der Waals surface area contributed by atoms with Crippen LogP contribution in [0.2, 0.25) is 5.02 Å². The van der Waals surface area contributed by atoms with Crippen molar-refractivity contribution in [1.82, 2.24) is 24.6 Å². The van der Waals surface area contributed by atoms with Crippen molar-refractivity contribution in [3.63, 3.8) is 0 Å². The summed E-state index contributed by atoms with van der Waals surface area (Å²) in [7, 11) is -0.982. The number of nitrogens with zero attached hydrogens (tertiary/aromatic N) is 6. The number of anilines is 1. The molecule has 0 aliphatic rings. The summed E-state index contributed by atoms with van der Waals surface area (Å²) in [5, 5.41) is 26.6. The van der Waals surface area contributed by atoms with E-state index in [0.29, 0.717) is 17.4 Å². The van der Waals surface area contributed by atoms with E-state index in [4.69, 9.17) is 16.3 Å². The number of amides is 1. The molecule has 0 aliphatic carbocycles. The fourth-order valence-corrected chi connectivity index (χ4v) is 7.06. The molecule has 0 unspecified atom stereocenters. The summed E-state index contributed by atoms with van der Waals surface area (Å²) in [4.78, 5) is 31.3. The first-order chi connectivity index (χ1) is 24.7. The van der Waals surface area contributed by atoms with Crippen LogP contribution in [-0.2, 0) is 30.0 Å². The lowest BCUT2D eigenvalue weighted by Gasteiger charge is -2.23. The molecule has 0 aliphatic heterocycles. The number of nitriles is 1. The Morgan fingerprint density at radius 2 is 1.77 bits per heavy atom. The number of carbonyl (C=O) groups is 1. The summed E-state index contributed by atoms with van der Waals surface area (Å²) in [6, 6.07) is 17.1. The number of aryl methyl sites for hydroxylation is 1. The maximum absolute atomic E-state index is 14.5. The first kappa shape index (κ1) is 35.8. The summed E-state index contributed by atoms with van der Waals surface area (Å²) >= 11 is 6.76. The van der Waals surface area contributed by atoms with Crippen molar-refractivity contribution >= 4 is 55.3 Å². The zero-order chi connectivity index (χ0) is 37.5. The zero-order valence-corrected chi connectivity index (χ0v) is 29.2. The Hall–Kier alpha value is -6.05. The molecule has 17 heteroatoms. The number of rotatable bonds is 10. The molecule has 1 amide bonds. The number of hydrogen-bond donors (Lipinski definition) is 2. The molecule has 0 radical (unpaired) electrons. The number of sulfonamides is 1. The fourth-order valence-electron chi connectivity index (χ4n) is 6.00. The average Bonchev–Trinajstić information content (AvgIpc) is 3.43. The molecule has 0 saturated carbocycles. The van der Waals surface area contributed by atoms with E-state index in [1.54, 1.807) is 24.3 Å². The predicted molar refractivity (Wildman–Crippen MR) is 189 cm³/mol. The Morgan fingerprint density at radius 3 is 2.38 bits per heavy atom. The molecule has 0 bridgehead atoms. The monoisotopic (exact) mass is 747 g/mol. The van der Waals surface area contributed by atoms with E-state index in [2.05, 4.69) is 15.4 Å². The van der Waals surface area contributed by atoms with E-state index < -0.39 is 39.4 Å². The van der Waals surface area contributed by atoms with Gasteiger partial charge in [0, 0.05) is 19.5 Å². The van der Waals surface area contributed by atoms with Crippen LogP contribution in [0.15, 0.2) is 77.6 Å². The Balaban J connectivity index is 1.64. The molecule has 2 N–H and O–H groups in total. The van der Waals surface area contributed by atoms with Gasteiger partial charge in [0.2, 0.25) is 10.0 Å². The SMILES string of the molecule is COc1ccc(CN(c2nn(C)c3c(-n4c([C@H](Cc5cc(F)cc(F)c5)NC(=O)O)nc5cc(C#N)ccc5c4=O)ccc(Cl)c23)S(C)(=O)=O)cc1. The highest BCUT2D eigenvalue weighted by Crippen LogP contribution is 2.38. The fraction of sp³-hybridized carbons (Fsp3) is 0.171. The maximum Gasteiger partial charge on any atom is 0.405 e. The van der Waals surface area contributed by atoms with E-state index >= 15 is 0 Å². The molecule has 0 fully saturated rings. The van der Waals surface area contributed by atoms with Crippen LogP contribution in [0.25, 0.3) is 27.5 Å². The zero-order valence-electron chi connectivity index (χ0n) is 27.6. The number of ether oxygens (including phenoxy) is 1. The molecule has 1 atom stereocenters. The molecule has 2 aromatic heterocycles. The van der Waals surface area contributed by atoms with Gasteiger partial charge >= 0.3 is 6.09 Å². The van der Waals surface area contributed by atoms with Gasteiger partial charge in [-0.3, -0.25) is 14.0 Å². The molecule has 0 saturated heterocycles. The van der Waals surface area contributed by atoms with Gasteiger partial charge in [0.25, 0.3) is 5.56 Å². The lowest BCUT2D eigenvalue weighted by molar-refractivity contribution is 0.189. The van der Waals surface area contributed by atoms with Gasteiger partial charge in [0.05, 0.1) is 70.1 Å². The highest BCUT2D eigenvalue weighted by Gasteiger charge is 2.30. The number of benzene rings is 4. The minimum atomic E-state index is -4.00. The van der Waals surface area contributed by atoms with E-state index in [-0.39, 0.29) is 68.3 Å². The Labute approximate surface area is 299 Å². The summed E-state index contributed by atoms with van der Waals surface area (Å²) in [5.74, 6) is -1.50. The largest absolute Gasteiger partial charge is 0.497 e. The molecular weight excluding hydrogens is 720 g/mol. The number of halogens is 3. The third-order valence-electron chi connectivity index (χ3n) is 8.26. The van der Waals surface area contributed by atoms with Crippen molar-refractivity contribution in [2.75, 3.05) is 17.7 Å². The summed E-state index contributed by atoms with van der Waals surface area (Å²) in [6.45, 7) is -0.145. The standard InChI is InChI=1S/C35H28ClF2N7O6S/c1-43-31-29(11-10-26(36)30(31)33(42-43)44(52(3,49)50)18-19-4-7-24(51-2)8-5-19)45-32(40-27-14-20(17-39)6-9-25(27)34(45)46)28(41-35(47)48)15-21-12-22(37)16-23(38)13-21/h4-14,16,28,41H,15,18H2,1-3H3,(H,47,48)/t28-/m0/s1. The van der Waals surface area contributed by atoms with Gasteiger partial charge in [-0.1, -0.05) is 23.7 Å². The Bertz CT molecular complexity index is 2590. The second kappa shape index (κ2) is 13.9. The van der Waals surface area contributed by atoms with Crippen LogP contribution in [0.4, 0.5) is 19.4 Å². The van der Waals surface area contributed by atoms with Crippen LogP contribution in [0.5, 0.6) is 5.75 Å². The van der Waals surface area contributed by atoms with Crippen molar-refractivity contribution in [1.29, 1.82) is 5.26 Å². The second-order valence-corrected chi connectivity index (χ2v) is 14.1. The number of hydrogen-bond acceptors (Lipinski definition) is 8. The molecule has 6 aromatic rings. The first-order valence-electron chi connectivity index (χ1n) is 15.4. The van der Waals surface area contributed by atoms with Crippen LogP contribution in [0.3, 0.4) is 0 Å². The third-order valence-corrected chi connectivity index (χ3v) is 9.67. The summed E-state index contributed by atoms with van der Waals surface area (Å²) < 4.78 is 63.9. The van der Waals surface area contributed by atoms with Crippen LogP contribution >= 0.6 is 11.6 Å². The quantitative estimate of drug-likeness (QED) is 0.181. The lowest BCUT2D eigenvalue weighted by Crippen LogP contribution is -2.35. The van der Waals surface area contributed by atoms with Crippen LogP contribution < -0.4 is 19.9 Å². The average molecular weight is 748 g/mol. The molecule has 266 valence electrons. The van der Waals surface area contributed by atoms with Gasteiger partial charge in [-0.25, -0.2) is 31.3 Å². The van der Waals surface area contributed by atoms with Crippen molar-refractivity contribution in [2.24, 2.45) is 7.05 Å². The number of nitrogens with one attached hydrogen (secondary N) is 1. The van der Waals surface area contributed by atoms with Gasteiger partial charge in [-0.2, -0.15) is 10.4 Å². The Kier molecular flexibility index (Phi) is 9.58. The molecular formula is C35H28ClF2N7O6S. The number of fused-ring (bicyclic) bond motifs is 2. The van der Waals surface area contributed by atoms with Crippen LogP contribution in [0.1, 0.15) is 28.6 Å².